The normalized spacial score (nSPS) is 32.4. The van der Waals surface area contributed by atoms with Gasteiger partial charge in [0.1, 0.15) is 0 Å². The monoisotopic (exact) mass is 154 g/mol. The molecule has 0 spiro atoms. The van der Waals surface area contributed by atoms with Gasteiger partial charge < -0.3 is 5.11 Å². The van der Waals surface area contributed by atoms with Crippen LogP contribution >= 0.6 is 0 Å². The molecule has 1 nitrogen and oxygen atoms in total. The Morgan fingerprint density at radius 1 is 1.36 bits per heavy atom. The predicted octanol–water partition coefficient (Wildman–Crippen LogP) is 2.50. The van der Waals surface area contributed by atoms with Crippen molar-refractivity contribution in [3.63, 3.8) is 0 Å². The molecule has 1 heteroatoms. The second kappa shape index (κ2) is 2.63. The summed E-state index contributed by atoms with van der Waals surface area (Å²) in [7, 11) is 0. The number of allylic oxidation sites excluding steroid dienone is 1. The summed E-state index contributed by atoms with van der Waals surface area (Å²) in [4.78, 5) is 0. The third-order valence-electron chi connectivity index (χ3n) is 2.62. The molecule has 0 bridgehead atoms. The number of rotatable bonds is 0. The van der Waals surface area contributed by atoms with Crippen LogP contribution in [0.15, 0.2) is 12.2 Å². The molecule has 0 fully saturated rings. The molecule has 0 heterocycles. The Hall–Kier alpha value is -0.300. The van der Waals surface area contributed by atoms with Crippen LogP contribution in [0, 0.1) is 5.41 Å². The van der Waals surface area contributed by atoms with E-state index in [1.807, 2.05) is 6.08 Å². The van der Waals surface area contributed by atoms with Crippen LogP contribution in [-0.4, -0.2) is 10.7 Å². The maximum atomic E-state index is 10.1. The van der Waals surface area contributed by atoms with E-state index in [0.717, 1.165) is 19.3 Å². The molecule has 1 N–H and O–H groups in total. The fourth-order valence-corrected chi connectivity index (χ4v) is 1.48. The van der Waals surface area contributed by atoms with Crippen LogP contribution in [0.1, 0.15) is 40.0 Å². The van der Waals surface area contributed by atoms with E-state index in [1.165, 1.54) is 0 Å². The minimum atomic E-state index is -0.564. The van der Waals surface area contributed by atoms with E-state index in [2.05, 4.69) is 26.8 Å². The third-order valence-corrected chi connectivity index (χ3v) is 2.62. The van der Waals surface area contributed by atoms with Crippen molar-refractivity contribution >= 4 is 0 Å². The van der Waals surface area contributed by atoms with E-state index in [1.54, 1.807) is 0 Å². The highest BCUT2D eigenvalue weighted by atomic mass is 16.3. The Labute approximate surface area is 69.1 Å². The van der Waals surface area contributed by atoms with Gasteiger partial charge in [-0.2, -0.15) is 0 Å². The molecule has 1 unspecified atom stereocenters. The van der Waals surface area contributed by atoms with Crippen molar-refractivity contribution in [3.8, 4) is 0 Å². The summed E-state index contributed by atoms with van der Waals surface area (Å²) >= 11 is 0. The fourth-order valence-electron chi connectivity index (χ4n) is 1.48. The summed E-state index contributed by atoms with van der Waals surface area (Å²) in [6, 6.07) is 0. The van der Waals surface area contributed by atoms with Gasteiger partial charge in [-0.05, 0) is 24.7 Å². The van der Waals surface area contributed by atoms with Gasteiger partial charge in [-0.25, -0.2) is 0 Å². The molecule has 1 atom stereocenters. The number of aliphatic hydroxyl groups is 1. The minimum Gasteiger partial charge on any atom is -0.385 e. The average Bonchev–Trinajstić information content (AvgIpc) is 1.87. The molecule has 1 aliphatic carbocycles. The molecule has 11 heavy (non-hydrogen) atoms. The Kier molecular flexibility index (Phi) is 2.10. The summed E-state index contributed by atoms with van der Waals surface area (Å²) in [5.41, 5.74) is -0.588. The van der Waals surface area contributed by atoms with Gasteiger partial charge in [-0.1, -0.05) is 32.9 Å². The van der Waals surface area contributed by atoms with E-state index < -0.39 is 5.60 Å². The van der Waals surface area contributed by atoms with E-state index >= 15 is 0 Å². The maximum absolute atomic E-state index is 10.1. The lowest BCUT2D eigenvalue weighted by molar-refractivity contribution is -0.0255. The predicted molar refractivity (Wildman–Crippen MR) is 47.4 cm³/mol. The van der Waals surface area contributed by atoms with Crippen LogP contribution in [0.2, 0.25) is 0 Å². The Morgan fingerprint density at radius 2 is 2.00 bits per heavy atom. The van der Waals surface area contributed by atoms with Crippen LogP contribution in [-0.2, 0) is 0 Å². The lowest BCUT2D eigenvalue weighted by atomic mass is 9.71. The van der Waals surface area contributed by atoms with Gasteiger partial charge in [0.25, 0.3) is 0 Å². The molecule has 0 aromatic rings. The van der Waals surface area contributed by atoms with Gasteiger partial charge in [-0.3, -0.25) is 0 Å². The zero-order valence-electron chi connectivity index (χ0n) is 7.72. The molecule has 1 aliphatic rings. The van der Waals surface area contributed by atoms with Crippen LogP contribution in [0.4, 0.5) is 0 Å². The number of hydrogen-bond acceptors (Lipinski definition) is 1. The van der Waals surface area contributed by atoms with Crippen LogP contribution in [0.3, 0.4) is 0 Å². The summed E-state index contributed by atoms with van der Waals surface area (Å²) in [6.07, 6.45) is 7.21. The van der Waals surface area contributed by atoms with Gasteiger partial charge in [-0.15, -0.1) is 0 Å². The van der Waals surface area contributed by atoms with Crippen molar-refractivity contribution < 1.29 is 5.11 Å². The highest BCUT2D eigenvalue weighted by Crippen LogP contribution is 2.37. The molecule has 64 valence electrons. The van der Waals surface area contributed by atoms with Crippen LogP contribution in [0.25, 0.3) is 0 Å². The van der Waals surface area contributed by atoms with Gasteiger partial charge in [0.2, 0.25) is 0 Å². The van der Waals surface area contributed by atoms with Gasteiger partial charge in [0.15, 0.2) is 0 Å². The third kappa shape index (κ3) is 1.64. The first-order valence-corrected chi connectivity index (χ1v) is 4.36. The second-order valence-corrected chi connectivity index (χ2v) is 4.47. The zero-order valence-corrected chi connectivity index (χ0v) is 7.72. The smallest absolute Gasteiger partial charge is 0.0875 e. The van der Waals surface area contributed by atoms with Crippen molar-refractivity contribution in [2.75, 3.05) is 0 Å². The lowest BCUT2D eigenvalue weighted by Gasteiger charge is -2.39. The molecule has 0 aliphatic heterocycles. The van der Waals surface area contributed by atoms with Crippen LogP contribution in [0.5, 0.6) is 0 Å². The summed E-state index contributed by atoms with van der Waals surface area (Å²) < 4.78 is 0. The van der Waals surface area contributed by atoms with E-state index in [0.29, 0.717) is 0 Å². The quantitative estimate of drug-likeness (QED) is 0.531. The standard InChI is InChI=1S/C10H18O/c1-9(2,3)10(11)7-5-4-6-8-10/h5,7,11H,4,6,8H2,1-3H3. The molecular weight excluding hydrogens is 136 g/mol. The topological polar surface area (TPSA) is 20.2 Å². The minimum absolute atomic E-state index is 0.0239. The van der Waals surface area contributed by atoms with E-state index in [9.17, 15) is 5.11 Å². The molecule has 0 aromatic carbocycles. The van der Waals surface area contributed by atoms with Crippen LogP contribution < -0.4 is 0 Å². The highest BCUT2D eigenvalue weighted by Gasteiger charge is 2.37. The Morgan fingerprint density at radius 3 is 2.27 bits per heavy atom. The Bertz CT molecular complexity index is 164. The van der Waals surface area contributed by atoms with Crippen molar-refractivity contribution in [3.05, 3.63) is 12.2 Å². The molecule has 0 aromatic heterocycles. The van der Waals surface area contributed by atoms with Gasteiger partial charge in [0, 0.05) is 0 Å². The summed E-state index contributed by atoms with van der Waals surface area (Å²) in [5, 5.41) is 10.1. The number of hydrogen-bond donors (Lipinski definition) is 1. The molecular formula is C10H18O. The molecule has 0 saturated heterocycles. The second-order valence-electron chi connectivity index (χ2n) is 4.47. The largest absolute Gasteiger partial charge is 0.385 e. The summed E-state index contributed by atoms with van der Waals surface area (Å²) in [5.74, 6) is 0. The van der Waals surface area contributed by atoms with Crippen molar-refractivity contribution in [2.45, 2.75) is 45.6 Å². The molecule has 0 saturated carbocycles. The lowest BCUT2D eigenvalue weighted by Crippen LogP contribution is -2.41. The Balaban J connectivity index is 2.80. The van der Waals surface area contributed by atoms with Crippen molar-refractivity contribution in [1.82, 2.24) is 0 Å². The van der Waals surface area contributed by atoms with E-state index in [4.69, 9.17) is 0 Å². The molecule has 0 radical (unpaired) electrons. The van der Waals surface area contributed by atoms with E-state index in [-0.39, 0.29) is 5.41 Å². The zero-order chi connectivity index (χ0) is 8.54. The average molecular weight is 154 g/mol. The highest BCUT2D eigenvalue weighted by molar-refractivity contribution is 5.10. The first-order chi connectivity index (χ1) is 4.96. The van der Waals surface area contributed by atoms with Crippen molar-refractivity contribution in [2.24, 2.45) is 5.41 Å². The van der Waals surface area contributed by atoms with Gasteiger partial charge >= 0.3 is 0 Å². The molecule has 0 amide bonds. The summed E-state index contributed by atoms with van der Waals surface area (Å²) in [6.45, 7) is 6.26. The SMILES string of the molecule is CC(C)(C)C1(O)C=CCCC1. The fraction of sp³-hybridized carbons (Fsp3) is 0.800. The first-order valence-electron chi connectivity index (χ1n) is 4.36. The maximum Gasteiger partial charge on any atom is 0.0875 e. The van der Waals surface area contributed by atoms with Gasteiger partial charge in [0.05, 0.1) is 5.60 Å². The van der Waals surface area contributed by atoms with Crippen molar-refractivity contribution in [1.29, 1.82) is 0 Å². The first kappa shape index (κ1) is 8.79. The molecule has 1 rings (SSSR count).